The summed E-state index contributed by atoms with van der Waals surface area (Å²) < 4.78 is 38.7. The number of hydrogen-bond donors (Lipinski definition) is 1. The Balaban J connectivity index is 0.00000242. The molecule has 0 unspecified atom stereocenters. The molecule has 2 rings (SSSR count). The third-order valence-corrected chi connectivity index (χ3v) is 3.89. The molecule has 0 aromatic heterocycles. The van der Waals surface area contributed by atoms with Gasteiger partial charge in [0.25, 0.3) is 0 Å². The summed E-state index contributed by atoms with van der Waals surface area (Å²) in [5, 5.41) is 3.29. The van der Waals surface area contributed by atoms with Crippen molar-refractivity contribution in [2.24, 2.45) is 5.92 Å². The summed E-state index contributed by atoms with van der Waals surface area (Å²) in [6.45, 7) is 7.79. The van der Waals surface area contributed by atoms with Crippen molar-refractivity contribution in [1.29, 1.82) is 0 Å². The second kappa shape index (κ2) is 8.18. The zero-order valence-corrected chi connectivity index (χ0v) is 13.8. The van der Waals surface area contributed by atoms with Crippen molar-refractivity contribution in [3.8, 4) is 0 Å². The number of benzene rings is 1. The first-order valence-corrected chi connectivity index (χ1v) is 7.50. The highest BCUT2D eigenvalue weighted by atomic mass is 35.5. The SMILES string of the molecule is CC(C)C[C@@H](c1cccc(C(F)(F)F)c1)N1CCNCC1.Cl. The lowest BCUT2D eigenvalue weighted by Gasteiger charge is -2.36. The van der Waals surface area contributed by atoms with E-state index in [9.17, 15) is 13.2 Å². The summed E-state index contributed by atoms with van der Waals surface area (Å²) in [6.07, 6.45) is -3.40. The summed E-state index contributed by atoms with van der Waals surface area (Å²) in [5.74, 6) is 0.444. The van der Waals surface area contributed by atoms with Crippen molar-refractivity contribution in [2.75, 3.05) is 26.2 Å². The molecule has 1 N–H and O–H groups in total. The first-order chi connectivity index (χ1) is 9.88. The number of alkyl halides is 3. The molecule has 22 heavy (non-hydrogen) atoms. The first kappa shape index (κ1) is 19.3. The maximum Gasteiger partial charge on any atom is 0.416 e. The lowest BCUT2D eigenvalue weighted by Crippen LogP contribution is -2.45. The maximum absolute atomic E-state index is 12.9. The molecule has 1 aromatic rings. The van der Waals surface area contributed by atoms with Crippen molar-refractivity contribution in [3.63, 3.8) is 0 Å². The predicted octanol–water partition coefficient (Wildman–Crippen LogP) is 4.12. The highest BCUT2D eigenvalue weighted by molar-refractivity contribution is 5.85. The summed E-state index contributed by atoms with van der Waals surface area (Å²) >= 11 is 0. The molecule has 0 radical (unpaired) electrons. The van der Waals surface area contributed by atoms with Gasteiger partial charge in [0.2, 0.25) is 0 Å². The van der Waals surface area contributed by atoms with Crippen LogP contribution >= 0.6 is 12.4 Å². The third kappa shape index (κ3) is 5.14. The molecule has 1 aliphatic heterocycles. The van der Waals surface area contributed by atoms with Crippen molar-refractivity contribution in [2.45, 2.75) is 32.5 Å². The van der Waals surface area contributed by atoms with E-state index in [-0.39, 0.29) is 18.4 Å². The van der Waals surface area contributed by atoms with Crippen LogP contribution in [0.3, 0.4) is 0 Å². The number of rotatable bonds is 4. The molecule has 0 amide bonds. The highest BCUT2D eigenvalue weighted by Gasteiger charge is 2.32. The van der Waals surface area contributed by atoms with Crippen molar-refractivity contribution in [1.82, 2.24) is 10.2 Å². The van der Waals surface area contributed by atoms with Crippen molar-refractivity contribution >= 4 is 12.4 Å². The monoisotopic (exact) mass is 336 g/mol. The van der Waals surface area contributed by atoms with E-state index in [2.05, 4.69) is 24.1 Å². The normalized spacial score (nSPS) is 18.1. The standard InChI is InChI=1S/C16H23F3N2.ClH/c1-12(2)10-15(21-8-6-20-7-9-21)13-4-3-5-14(11-13)16(17,18)19;/h3-5,11-12,15,20H,6-10H2,1-2H3;1H/t15-;/m0./s1. The third-order valence-electron chi connectivity index (χ3n) is 3.89. The van der Waals surface area contributed by atoms with Crippen LogP contribution < -0.4 is 5.32 Å². The maximum atomic E-state index is 12.9. The largest absolute Gasteiger partial charge is 0.416 e. The zero-order chi connectivity index (χ0) is 15.5. The molecular weight excluding hydrogens is 313 g/mol. The Kier molecular flexibility index (Phi) is 7.16. The minimum atomic E-state index is -4.28. The predicted molar refractivity (Wildman–Crippen MR) is 85.3 cm³/mol. The summed E-state index contributed by atoms with van der Waals surface area (Å²) in [7, 11) is 0. The van der Waals surface area contributed by atoms with E-state index in [0.29, 0.717) is 5.92 Å². The van der Waals surface area contributed by atoms with Gasteiger partial charge in [0, 0.05) is 32.2 Å². The fourth-order valence-electron chi connectivity index (χ4n) is 2.86. The van der Waals surface area contributed by atoms with E-state index < -0.39 is 11.7 Å². The van der Waals surface area contributed by atoms with E-state index in [0.717, 1.165) is 44.2 Å². The molecule has 0 spiro atoms. The first-order valence-electron chi connectivity index (χ1n) is 7.50. The fourth-order valence-corrected chi connectivity index (χ4v) is 2.86. The molecule has 1 heterocycles. The topological polar surface area (TPSA) is 15.3 Å². The van der Waals surface area contributed by atoms with Crippen LogP contribution in [0.25, 0.3) is 0 Å². The minimum absolute atomic E-state index is 0. The molecule has 1 aliphatic rings. The van der Waals surface area contributed by atoms with Crippen molar-refractivity contribution in [3.05, 3.63) is 35.4 Å². The molecule has 1 fully saturated rings. The van der Waals surface area contributed by atoms with Crippen LogP contribution in [0.1, 0.15) is 37.4 Å². The van der Waals surface area contributed by atoms with Gasteiger partial charge in [-0.05, 0) is 30.0 Å². The summed E-state index contributed by atoms with van der Waals surface area (Å²) in [4.78, 5) is 2.30. The van der Waals surface area contributed by atoms with Gasteiger partial charge in [0.05, 0.1) is 5.56 Å². The molecule has 1 aromatic carbocycles. The Morgan fingerprint density at radius 3 is 2.36 bits per heavy atom. The van der Waals surface area contributed by atoms with Crippen LogP contribution in [0.2, 0.25) is 0 Å². The quantitative estimate of drug-likeness (QED) is 0.889. The number of halogens is 4. The van der Waals surface area contributed by atoms with E-state index in [1.165, 1.54) is 12.1 Å². The molecule has 1 saturated heterocycles. The second-order valence-corrected chi connectivity index (χ2v) is 6.05. The van der Waals surface area contributed by atoms with E-state index in [1.54, 1.807) is 0 Å². The van der Waals surface area contributed by atoms with Crippen LogP contribution in [0, 0.1) is 5.92 Å². The molecule has 0 aliphatic carbocycles. The van der Waals surface area contributed by atoms with Crippen LogP contribution in [-0.4, -0.2) is 31.1 Å². The number of nitrogens with one attached hydrogen (secondary N) is 1. The van der Waals surface area contributed by atoms with Crippen LogP contribution in [-0.2, 0) is 6.18 Å². The Labute approximate surface area is 136 Å². The number of nitrogens with zero attached hydrogens (tertiary/aromatic N) is 1. The Bertz CT molecular complexity index is 457. The van der Waals surface area contributed by atoms with Gasteiger partial charge < -0.3 is 5.32 Å². The fraction of sp³-hybridized carbons (Fsp3) is 0.625. The van der Waals surface area contributed by atoms with Gasteiger partial charge in [-0.2, -0.15) is 13.2 Å². The minimum Gasteiger partial charge on any atom is -0.314 e. The smallest absolute Gasteiger partial charge is 0.314 e. The van der Waals surface area contributed by atoms with Gasteiger partial charge in [-0.1, -0.05) is 26.0 Å². The summed E-state index contributed by atoms with van der Waals surface area (Å²) in [6, 6.07) is 5.87. The molecular formula is C16H24ClF3N2. The highest BCUT2D eigenvalue weighted by Crippen LogP contribution is 2.34. The lowest BCUT2D eigenvalue weighted by atomic mass is 9.94. The Hall–Kier alpha value is -0.780. The van der Waals surface area contributed by atoms with Crippen LogP contribution in [0.5, 0.6) is 0 Å². The van der Waals surface area contributed by atoms with Gasteiger partial charge in [-0.15, -0.1) is 12.4 Å². The van der Waals surface area contributed by atoms with Gasteiger partial charge in [0.1, 0.15) is 0 Å². The van der Waals surface area contributed by atoms with E-state index >= 15 is 0 Å². The lowest BCUT2D eigenvalue weighted by molar-refractivity contribution is -0.137. The van der Waals surface area contributed by atoms with Gasteiger partial charge in [0.15, 0.2) is 0 Å². The Morgan fingerprint density at radius 2 is 1.82 bits per heavy atom. The van der Waals surface area contributed by atoms with Crippen LogP contribution in [0.15, 0.2) is 24.3 Å². The average Bonchev–Trinajstić information content (AvgIpc) is 2.45. The Morgan fingerprint density at radius 1 is 1.18 bits per heavy atom. The molecule has 0 saturated carbocycles. The van der Waals surface area contributed by atoms with Crippen LogP contribution in [0.4, 0.5) is 13.2 Å². The van der Waals surface area contributed by atoms with E-state index in [1.807, 2.05) is 6.07 Å². The molecule has 2 nitrogen and oxygen atoms in total. The molecule has 126 valence electrons. The molecule has 0 bridgehead atoms. The van der Waals surface area contributed by atoms with Gasteiger partial charge in [-0.3, -0.25) is 4.90 Å². The number of hydrogen-bond acceptors (Lipinski definition) is 2. The molecule has 6 heteroatoms. The van der Waals surface area contributed by atoms with E-state index in [4.69, 9.17) is 0 Å². The molecule has 1 atom stereocenters. The van der Waals surface area contributed by atoms with Gasteiger partial charge >= 0.3 is 6.18 Å². The van der Waals surface area contributed by atoms with Crippen molar-refractivity contribution < 1.29 is 13.2 Å². The number of piperazine rings is 1. The zero-order valence-electron chi connectivity index (χ0n) is 13.0. The summed E-state index contributed by atoms with van der Waals surface area (Å²) in [5.41, 5.74) is 0.226. The average molecular weight is 337 g/mol. The van der Waals surface area contributed by atoms with Gasteiger partial charge in [-0.25, -0.2) is 0 Å². The second-order valence-electron chi connectivity index (χ2n) is 6.05.